The molecule has 0 spiro atoms. The minimum absolute atomic E-state index is 0.0520. The number of likely N-dealkylation sites (tertiary alicyclic amines) is 1. The quantitative estimate of drug-likeness (QED) is 0.495. The van der Waals surface area contributed by atoms with Gasteiger partial charge in [-0.25, -0.2) is 9.59 Å². The molecule has 0 bridgehead atoms. The Labute approximate surface area is 236 Å². The van der Waals surface area contributed by atoms with Crippen molar-refractivity contribution in [3.63, 3.8) is 0 Å². The average Bonchev–Trinajstić information content (AvgIpc) is 3.11. The fourth-order valence-electron chi connectivity index (χ4n) is 5.44. The Morgan fingerprint density at radius 2 is 1.60 bits per heavy atom. The molecule has 3 amide bonds. The van der Waals surface area contributed by atoms with E-state index in [-0.39, 0.29) is 23.2 Å². The van der Waals surface area contributed by atoms with Gasteiger partial charge in [-0.2, -0.15) is 4.98 Å². The topological polar surface area (TPSA) is 143 Å². The molecular formula is C29H44N8O3. The lowest BCUT2D eigenvalue weighted by atomic mass is 9.84. The normalized spacial score (nSPS) is 19.3. The van der Waals surface area contributed by atoms with Crippen LogP contribution in [0.1, 0.15) is 52.5 Å². The molecule has 218 valence electrons. The van der Waals surface area contributed by atoms with Gasteiger partial charge in [-0.3, -0.25) is 14.7 Å². The minimum atomic E-state index is -0.948. The third-order valence-electron chi connectivity index (χ3n) is 7.86. The van der Waals surface area contributed by atoms with Gasteiger partial charge in [0.25, 0.3) is 0 Å². The number of nitrogens with zero attached hydrogens (tertiary/aromatic N) is 5. The first-order valence-corrected chi connectivity index (χ1v) is 14.2. The number of aromatic nitrogens is 2. The molecule has 1 unspecified atom stereocenters. The number of hydrogen-bond acceptors (Lipinski definition) is 7. The first-order valence-electron chi connectivity index (χ1n) is 14.2. The molecule has 0 saturated carbocycles. The number of hydrogen-bond donors (Lipinski definition) is 3. The summed E-state index contributed by atoms with van der Waals surface area (Å²) < 4.78 is 1.46. The van der Waals surface area contributed by atoms with Crippen LogP contribution in [0.15, 0.2) is 41.3 Å². The highest BCUT2D eigenvalue weighted by Gasteiger charge is 2.31. The number of rotatable bonds is 6. The summed E-state index contributed by atoms with van der Waals surface area (Å²) in [4.78, 5) is 47.8. The van der Waals surface area contributed by atoms with Crippen molar-refractivity contribution < 1.29 is 9.59 Å². The second-order valence-electron chi connectivity index (χ2n) is 12.3. The number of benzene rings is 1. The summed E-state index contributed by atoms with van der Waals surface area (Å²) in [6.45, 7) is 12.4. The van der Waals surface area contributed by atoms with Crippen LogP contribution in [0.25, 0.3) is 5.69 Å². The number of amides is 3. The number of carbonyl (C=O) groups is 2. The Morgan fingerprint density at radius 1 is 0.950 bits per heavy atom. The van der Waals surface area contributed by atoms with Crippen molar-refractivity contribution in [2.24, 2.45) is 11.5 Å². The Morgan fingerprint density at radius 3 is 2.23 bits per heavy atom. The molecule has 5 N–H and O–H groups in total. The molecular weight excluding hydrogens is 508 g/mol. The van der Waals surface area contributed by atoms with Crippen LogP contribution < -0.4 is 22.5 Å². The smallest absolute Gasteiger partial charge is 0.338 e. The van der Waals surface area contributed by atoms with Gasteiger partial charge in [-0.15, -0.1) is 0 Å². The van der Waals surface area contributed by atoms with E-state index in [1.165, 1.54) is 10.1 Å². The second kappa shape index (κ2) is 12.1. The molecule has 4 rings (SSSR count). The van der Waals surface area contributed by atoms with Gasteiger partial charge < -0.3 is 26.2 Å². The predicted octanol–water partition coefficient (Wildman–Crippen LogP) is 1.74. The number of nitrogens with two attached hydrogens (primary N) is 2. The SMILES string of the molecule is CC(C)(N)C(=O)N1CCN(C(=O)Nc2ccn(-c3ccc(C(C)(C)CN4CCCC(N)CC4)cc3)c(=O)n2)CC1. The molecule has 40 heavy (non-hydrogen) atoms. The van der Waals surface area contributed by atoms with Crippen LogP contribution in [0.2, 0.25) is 0 Å². The van der Waals surface area contributed by atoms with E-state index >= 15 is 0 Å². The van der Waals surface area contributed by atoms with Crippen molar-refractivity contribution in [2.45, 2.75) is 64.0 Å². The summed E-state index contributed by atoms with van der Waals surface area (Å²) >= 11 is 0. The van der Waals surface area contributed by atoms with E-state index < -0.39 is 11.2 Å². The zero-order valence-corrected chi connectivity index (χ0v) is 24.2. The van der Waals surface area contributed by atoms with Gasteiger partial charge in [0.05, 0.1) is 11.2 Å². The van der Waals surface area contributed by atoms with Crippen molar-refractivity contribution >= 4 is 17.8 Å². The number of piperazine rings is 1. The van der Waals surface area contributed by atoms with Gasteiger partial charge in [0, 0.05) is 50.4 Å². The summed E-state index contributed by atoms with van der Waals surface area (Å²) in [5.41, 5.74) is 12.5. The number of urea groups is 1. The van der Waals surface area contributed by atoms with Gasteiger partial charge in [-0.1, -0.05) is 26.0 Å². The van der Waals surface area contributed by atoms with E-state index in [2.05, 4.69) is 41.2 Å². The van der Waals surface area contributed by atoms with Crippen molar-refractivity contribution in [1.82, 2.24) is 24.3 Å². The Kier molecular flexibility index (Phi) is 8.96. The maximum Gasteiger partial charge on any atom is 0.354 e. The van der Waals surface area contributed by atoms with Crippen LogP contribution in [0, 0.1) is 0 Å². The first-order chi connectivity index (χ1) is 18.8. The average molecular weight is 553 g/mol. The summed E-state index contributed by atoms with van der Waals surface area (Å²) in [7, 11) is 0. The molecule has 2 aliphatic heterocycles. The highest BCUT2D eigenvalue weighted by atomic mass is 16.2. The lowest BCUT2D eigenvalue weighted by molar-refractivity contribution is -0.137. The van der Waals surface area contributed by atoms with E-state index in [0.29, 0.717) is 37.9 Å². The molecule has 2 fully saturated rings. The molecule has 1 aromatic heterocycles. The van der Waals surface area contributed by atoms with Crippen LogP contribution in [0.4, 0.5) is 10.6 Å². The molecule has 2 saturated heterocycles. The van der Waals surface area contributed by atoms with Gasteiger partial charge in [0.2, 0.25) is 5.91 Å². The third kappa shape index (κ3) is 7.26. The van der Waals surface area contributed by atoms with Crippen molar-refractivity contribution in [2.75, 3.05) is 51.1 Å². The molecule has 0 radical (unpaired) electrons. The standard InChI is InChI=1S/C29H44N8O3/c1-28(2,20-34-13-5-6-22(30)11-14-34)21-7-9-23(10-8-21)37-15-12-24(33-27(37)40)32-26(39)36-18-16-35(17-19-36)25(38)29(3,4)31/h7-10,12,15,22H,5-6,11,13-14,16-20,30-31H2,1-4H3,(H,32,33,39,40). The van der Waals surface area contributed by atoms with Gasteiger partial charge in [-0.05, 0) is 70.0 Å². The molecule has 2 aromatic rings. The number of anilines is 1. The van der Waals surface area contributed by atoms with Crippen LogP contribution in [-0.4, -0.2) is 93.6 Å². The summed E-state index contributed by atoms with van der Waals surface area (Å²) in [5, 5.41) is 2.70. The van der Waals surface area contributed by atoms with Crippen molar-refractivity contribution in [3.8, 4) is 5.69 Å². The van der Waals surface area contributed by atoms with Crippen molar-refractivity contribution in [3.05, 3.63) is 52.6 Å². The molecule has 0 aliphatic carbocycles. The highest BCUT2D eigenvalue weighted by Crippen LogP contribution is 2.26. The summed E-state index contributed by atoms with van der Waals surface area (Å²) in [6.07, 6.45) is 4.87. The van der Waals surface area contributed by atoms with E-state index in [4.69, 9.17) is 11.5 Å². The van der Waals surface area contributed by atoms with E-state index in [0.717, 1.165) is 38.9 Å². The third-order valence-corrected chi connectivity index (χ3v) is 7.86. The zero-order chi connectivity index (χ0) is 29.1. The van der Waals surface area contributed by atoms with Crippen LogP contribution in [-0.2, 0) is 10.2 Å². The van der Waals surface area contributed by atoms with Gasteiger partial charge in [0.15, 0.2) is 0 Å². The zero-order valence-electron chi connectivity index (χ0n) is 24.2. The van der Waals surface area contributed by atoms with Crippen LogP contribution in [0.5, 0.6) is 0 Å². The molecule has 11 heteroatoms. The van der Waals surface area contributed by atoms with Crippen LogP contribution >= 0.6 is 0 Å². The Balaban J connectivity index is 1.35. The van der Waals surface area contributed by atoms with Crippen molar-refractivity contribution in [1.29, 1.82) is 0 Å². The van der Waals surface area contributed by atoms with Gasteiger partial charge in [0.1, 0.15) is 5.82 Å². The first kappa shape index (κ1) is 29.7. The van der Waals surface area contributed by atoms with E-state index in [1.807, 2.05) is 12.1 Å². The molecule has 1 atom stereocenters. The lowest BCUT2D eigenvalue weighted by Crippen LogP contribution is -2.58. The summed E-state index contributed by atoms with van der Waals surface area (Å²) in [6, 6.07) is 9.55. The fourth-order valence-corrected chi connectivity index (χ4v) is 5.44. The maximum absolute atomic E-state index is 12.8. The monoisotopic (exact) mass is 552 g/mol. The molecule has 3 heterocycles. The lowest BCUT2D eigenvalue weighted by Gasteiger charge is -2.37. The minimum Gasteiger partial charge on any atom is -0.338 e. The summed E-state index contributed by atoms with van der Waals surface area (Å²) in [5.74, 6) is 0.0415. The highest BCUT2D eigenvalue weighted by molar-refractivity contribution is 5.89. The van der Waals surface area contributed by atoms with Crippen LogP contribution in [0.3, 0.4) is 0 Å². The number of nitrogens with one attached hydrogen (secondary N) is 1. The fraction of sp³-hybridized carbons (Fsp3) is 0.586. The molecule has 1 aromatic carbocycles. The van der Waals surface area contributed by atoms with E-state index in [1.54, 1.807) is 35.9 Å². The molecule has 2 aliphatic rings. The Hall–Kier alpha value is -3.28. The van der Waals surface area contributed by atoms with Gasteiger partial charge >= 0.3 is 11.7 Å². The number of carbonyl (C=O) groups excluding carboxylic acids is 2. The van der Waals surface area contributed by atoms with E-state index in [9.17, 15) is 14.4 Å². The maximum atomic E-state index is 12.8. The Bertz CT molecular complexity index is 1240. The predicted molar refractivity (Wildman–Crippen MR) is 157 cm³/mol. The second-order valence-corrected chi connectivity index (χ2v) is 12.3. The molecule has 11 nitrogen and oxygen atoms in total. The largest absolute Gasteiger partial charge is 0.354 e.